The van der Waals surface area contributed by atoms with E-state index in [1.54, 1.807) is 6.92 Å². The van der Waals surface area contributed by atoms with Gasteiger partial charge in [-0.25, -0.2) is 4.98 Å². The molecule has 1 unspecified atom stereocenters. The van der Waals surface area contributed by atoms with Crippen LogP contribution in [0, 0.1) is 13.8 Å². The number of aliphatic hydroxyl groups is 1. The van der Waals surface area contributed by atoms with E-state index in [0.29, 0.717) is 24.9 Å². The molecule has 7 heteroatoms. The number of hydrogen-bond donors (Lipinski definition) is 2. The number of nitrogens with one attached hydrogen (secondary N) is 1. The molecule has 2 rings (SSSR count). The molecule has 2 N–H and O–H groups in total. The first-order valence-electron chi connectivity index (χ1n) is 7.30. The van der Waals surface area contributed by atoms with Crippen LogP contribution in [-0.2, 0) is 11.3 Å². The third-order valence-corrected chi connectivity index (χ3v) is 4.74. The minimum absolute atomic E-state index is 0.0939. The van der Waals surface area contributed by atoms with E-state index in [4.69, 9.17) is 5.11 Å². The highest BCUT2D eigenvalue weighted by Gasteiger charge is 2.12. The van der Waals surface area contributed by atoms with E-state index in [2.05, 4.69) is 10.3 Å². The molecular formula is C15H21N3O3S. The topological polar surface area (TPSA) is 84.2 Å². The van der Waals surface area contributed by atoms with Crippen LogP contribution in [0.4, 0.5) is 0 Å². The number of aromatic nitrogens is 2. The highest BCUT2D eigenvalue weighted by Crippen LogP contribution is 2.25. The lowest BCUT2D eigenvalue weighted by atomic mass is 10.2. The van der Waals surface area contributed by atoms with Crippen molar-refractivity contribution in [1.29, 1.82) is 0 Å². The predicted molar refractivity (Wildman–Crippen MR) is 87.3 cm³/mol. The summed E-state index contributed by atoms with van der Waals surface area (Å²) in [6, 6.07) is 0. The first-order valence-corrected chi connectivity index (χ1v) is 8.11. The number of aryl methyl sites for hydroxylation is 3. The third-order valence-electron chi connectivity index (χ3n) is 3.62. The number of thiophene rings is 1. The SMILES string of the molecule is Cc1sc2ncn(CCC(=O)NCCC(C)O)c(=O)c2c1C. The van der Waals surface area contributed by atoms with Crippen molar-refractivity contribution in [3.63, 3.8) is 0 Å². The highest BCUT2D eigenvalue weighted by molar-refractivity contribution is 7.18. The van der Waals surface area contributed by atoms with Gasteiger partial charge in [-0.2, -0.15) is 0 Å². The van der Waals surface area contributed by atoms with Crippen LogP contribution in [0.5, 0.6) is 0 Å². The van der Waals surface area contributed by atoms with Crippen molar-refractivity contribution < 1.29 is 9.90 Å². The average Bonchev–Trinajstić information content (AvgIpc) is 2.74. The van der Waals surface area contributed by atoms with Crippen molar-refractivity contribution in [2.45, 2.75) is 46.3 Å². The molecule has 1 atom stereocenters. The van der Waals surface area contributed by atoms with E-state index >= 15 is 0 Å². The van der Waals surface area contributed by atoms with Crippen molar-refractivity contribution in [2.75, 3.05) is 6.54 Å². The summed E-state index contributed by atoms with van der Waals surface area (Å²) in [4.78, 5) is 30.3. The lowest BCUT2D eigenvalue weighted by Gasteiger charge is -2.08. The number of hydrogen-bond acceptors (Lipinski definition) is 5. The minimum atomic E-state index is -0.431. The van der Waals surface area contributed by atoms with Gasteiger partial charge in [-0.3, -0.25) is 14.2 Å². The van der Waals surface area contributed by atoms with Gasteiger partial charge in [0.25, 0.3) is 5.56 Å². The summed E-state index contributed by atoms with van der Waals surface area (Å²) >= 11 is 1.51. The average molecular weight is 323 g/mol. The first kappa shape index (κ1) is 16.6. The largest absolute Gasteiger partial charge is 0.393 e. The molecule has 22 heavy (non-hydrogen) atoms. The maximum Gasteiger partial charge on any atom is 0.262 e. The molecule has 0 aliphatic heterocycles. The maximum atomic E-state index is 12.4. The molecule has 0 saturated heterocycles. The second-order valence-electron chi connectivity index (χ2n) is 5.44. The second-order valence-corrected chi connectivity index (χ2v) is 6.65. The van der Waals surface area contributed by atoms with E-state index < -0.39 is 6.10 Å². The fourth-order valence-electron chi connectivity index (χ4n) is 2.16. The van der Waals surface area contributed by atoms with Gasteiger partial charge in [0.05, 0.1) is 17.8 Å². The van der Waals surface area contributed by atoms with E-state index in [1.807, 2.05) is 13.8 Å². The molecule has 0 bridgehead atoms. The maximum absolute atomic E-state index is 12.4. The van der Waals surface area contributed by atoms with Gasteiger partial charge in [0.2, 0.25) is 5.91 Å². The molecule has 2 aromatic rings. The predicted octanol–water partition coefficient (Wildman–Crippen LogP) is 1.35. The molecule has 0 fully saturated rings. The number of carbonyl (C=O) groups is 1. The van der Waals surface area contributed by atoms with Gasteiger partial charge in [-0.1, -0.05) is 0 Å². The zero-order valence-electron chi connectivity index (χ0n) is 13.0. The molecule has 0 aliphatic carbocycles. The Morgan fingerprint density at radius 3 is 2.91 bits per heavy atom. The van der Waals surface area contributed by atoms with Gasteiger partial charge in [-0.15, -0.1) is 11.3 Å². The molecule has 1 amide bonds. The molecule has 0 aromatic carbocycles. The number of amides is 1. The summed E-state index contributed by atoms with van der Waals surface area (Å²) in [6.07, 6.45) is 1.81. The Bertz CT molecular complexity index is 733. The number of carbonyl (C=O) groups excluding carboxylic acids is 1. The summed E-state index contributed by atoms with van der Waals surface area (Å²) in [5.41, 5.74) is 0.872. The molecular weight excluding hydrogens is 302 g/mol. The second kappa shape index (κ2) is 7.02. The van der Waals surface area contributed by atoms with Crippen LogP contribution in [-0.4, -0.2) is 33.2 Å². The Balaban J connectivity index is 2.03. The molecule has 2 aromatic heterocycles. The molecule has 0 saturated carbocycles. The molecule has 0 radical (unpaired) electrons. The fraction of sp³-hybridized carbons (Fsp3) is 0.533. The van der Waals surface area contributed by atoms with Gasteiger partial charge in [0.1, 0.15) is 4.83 Å². The normalized spacial score (nSPS) is 12.5. The fourth-order valence-corrected chi connectivity index (χ4v) is 3.15. The zero-order chi connectivity index (χ0) is 16.3. The van der Waals surface area contributed by atoms with Crippen molar-refractivity contribution in [3.8, 4) is 0 Å². The summed E-state index contributed by atoms with van der Waals surface area (Å²) in [6.45, 7) is 6.31. The van der Waals surface area contributed by atoms with E-state index in [0.717, 1.165) is 15.3 Å². The van der Waals surface area contributed by atoms with E-state index in [1.165, 1.54) is 22.2 Å². The quantitative estimate of drug-likeness (QED) is 0.840. The highest BCUT2D eigenvalue weighted by atomic mass is 32.1. The standard InChI is InChI=1S/C15H21N3O3S/c1-9(19)4-6-16-12(20)5-7-18-8-17-14-13(15(18)21)10(2)11(3)22-14/h8-9,19H,4-7H2,1-3H3,(H,16,20). The lowest BCUT2D eigenvalue weighted by Crippen LogP contribution is -2.29. The summed E-state index contributed by atoms with van der Waals surface area (Å²) in [7, 11) is 0. The Hall–Kier alpha value is -1.73. The number of rotatable bonds is 6. The lowest BCUT2D eigenvalue weighted by molar-refractivity contribution is -0.121. The summed E-state index contributed by atoms with van der Waals surface area (Å²) in [5.74, 6) is -0.133. The van der Waals surface area contributed by atoms with Gasteiger partial charge >= 0.3 is 0 Å². The van der Waals surface area contributed by atoms with E-state index in [-0.39, 0.29) is 17.9 Å². The van der Waals surface area contributed by atoms with Crippen LogP contribution in [0.15, 0.2) is 11.1 Å². The minimum Gasteiger partial charge on any atom is -0.393 e. The molecule has 0 spiro atoms. The van der Waals surface area contributed by atoms with Crippen LogP contribution in [0.3, 0.4) is 0 Å². The number of aliphatic hydroxyl groups excluding tert-OH is 1. The van der Waals surface area contributed by atoms with Crippen molar-refractivity contribution in [1.82, 2.24) is 14.9 Å². The Morgan fingerprint density at radius 2 is 2.23 bits per heavy atom. The molecule has 6 nitrogen and oxygen atoms in total. The van der Waals surface area contributed by atoms with Gasteiger partial charge in [-0.05, 0) is 32.8 Å². The van der Waals surface area contributed by atoms with Gasteiger partial charge in [0, 0.05) is 24.4 Å². The van der Waals surface area contributed by atoms with Crippen LogP contribution < -0.4 is 10.9 Å². The van der Waals surface area contributed by atoms with E-state index in [9.17, 15) is 9.59 Å². The van der Waals surface area contributed by atoms with Crippen LogP contribution in [0.2, 0.25) is 0 Å². The summed E-state index contributed by atoms with van der Waals surface area (Å²) in [5, 5.41) is 12.5. The van der Waals surface area contributed by atoms with Gasteiger partial charge in [0.15, 0.2) is 0 Å². The Morgan fingerprint density at radius 1 is 1.50 bits per heavy atom. The third kappa shape index (κ3) is 3.72. The number of fused-ring (bicyclic) bond motifs is 1. The van der Waals surface area contributed by atoms with Gasteiger partial charge < -0.3 is 10.4 Å². The Labute approximate surface area is 132 Å². The first-order chi connectivity index (χ1) is 10.4. The van der Waals surface area contributed by atoms with Crippen molar-refractivity contribution >= 4 is 27.5 Å². The number of nitrogens with zero attached hydrogens (tertiary/aromatic N) is 2. The molecule has 2 heterocycles. The van der Waals surface area contributed by atoms with Crippen LogP contribution in [0.25, 0.3) is 10.2 Å². The smallest absolute Gasteiger partial charge is 0.262 e. The van der Waals surface area contributed by atoms with Crippen molar-refractivity contribution in [3.05, 3.63) is 27.1 Å². The monoisotopic (exact) mass is 323 g/mol. The molecule has 120 valence electrons. The van der Waals surface area contributed by atoms with Crippen LogP contribution in [0.1, 0.15) is 30.2 Å². The van der Waals surface area contributed by atoms with Crippen LogP contribution >= 0.6 is 11.3 Å². The summed E-state index contributed by atoms with van der Waals surface area (Å²) < 4.78 is 1.48. The Kier molecular flexibility index (Phi) is 5.31. The van der Waals surface area contributed by atoms with Crippen molar-refractivity contribution in [2.24, 2.45) is 0 Å². The molecule has 0 aliphatic rings. The zero-order valence-corrected chi connectivity index (χ0v) is 13.9.